The lowest BCUT2D eigenvalue weighted by atomic mass is 9.93. The summed E-state index contributed by atoms with van der Waals surface area (Å²) < 4.78 is 0. The summed E-state index contributed by atoms with van der Waals surface area (Å²) in [5, 5.41) is 6.81. The molecule has 154 valence electrons. The van der Waals surface area contributed by atoms with Crippen molar-refractivity contribution in [2.45, 2.75) is 26.3 Å². The standard InChI is InChI=1S/C23H24N4O2S/c1-15-20(22(29)26-18-9-4-3-5-10-18)21(27-12-7-13-30-23(27)24-15)17-8-6-11-19(14-17)25-16(2)28/h3-6,8-11,14,21H,7,12-13H2,1-2H3,(H,25,28)(H,26,29)/t21-/m1/s1. The summed E-state index contributed by atoms with van der Waals surface area (Å²) in [5.41, 5.74) is 3.77. The lowest BCUT2D eigenvalue weighted by molar-refractivity contribution is -0.114. The van der Waals surface area contributed by atoms with Gasteiger partial charge in [-0.2, -0.15) is 0 Å². The molecule has 2 heterocycles. The fourth-order valence-corrected chi connectivity index (χ4v) is 4.84. The topological polar surface area (TPSA) is 73.8 Å². The molecule has 1 saturated heterocycles. The molecule has 0 bridgehead atoms. The zero-order valence-corrected chi connectivity index (χ0v) is 17.8. The van der Waals surface area contributed by atoms with E-state index in [1.165, 1.54) is 6.92 Å². The lowest BCUT2D eigenvalue weighted by Crippen LogP contribution is -2.43. The molecule has 0 unspecified atom stereocenters. The number of fused-ring (bicyclic) bond motifs is 1. The molecule has 30 heavy (non-hydrogen) atoms. The number of para-hydroxylation sites is 1. The van der Waals surface area contributed by atoms with Crippen LogP contribution >= 0.6 is 11.8 Å². The van der Waals surface area contributed by atoms with Crippen molar-refractivity contribution in [1.29, 1.82) is 0 Å². The monoisotopic (exact) mass is 420 g/mol. The van der Waals surface area contributed by atoms with Crippen LogP contribution in [0.4, 0.5) is 11.4 Å². The molecule has 1 fully saturated rings. The maximum Gasteiger partial charge on any atom is 0.255 e. The number of rotatable bonds is 4. The Hall–Kier alpha value is -3.06. The van der Waals surface area contributed by atoms with E-state index in [-0.39, 0.29) is 17.9 Å². The quantitative estimate of drug-likeness (QED) is 0.769. The van der Waals surface area contributed by atoms with Crippen molar-refractivity contribution in [1.82, 2.24) is 4.90 Å². The van der Waals surface area contributed by atoms with Crippen LogP contribution in [-0.2, 0) is 9.59 Å². The number of allylic oxidation sites excluding steroid dienone is 1. The average molecular weight is 421 g/mol. The Bertz CT molecular complexity index is 1030. The summed E-state index contributed by atoms with van der Waals surface area (Å²) in [6, 6.07) is 16.9. The Kier molecular flexibility index (Phi) is 5.90. The molecular formula is C23H24N4O2S. The second kappa shape index (κ2) is 8.75. The third kappa shape index (κ3) is 4.26. The number of nitrogens with one attached hydrogen (secondary N) is 2. The van der Waals surface area contributed by atoms with E-state index in [2.05, 4.69) is 15.5 Å². The van der Waals surface area contributed by atoms with E-state index in [1.54, 1.807) is 11.8 Å². The number of nitrogens with zero attached hydrogens (tertiary/aromatic N) is 2. The van der Waals surface area contributed by atoms with Gasteiger partial charge in [-0.1, -0.05) is 42.1 Å². The van der Waals surface area contributed by atoms with E-state index in [4.69, 9.17) is 4.99 Å². The molecule has 2 aliphatic heterocycles. The van der Waals surface area contributed by atoms with Gasteiger partial charge in [0, 0.05) is 30.6 Å². The van der Waals surface area contributed by atoms with Crippen molar-refractivity contribution in [3.8, 4) is 0 Å². The minimum Gasteiger partial charge on any atom is -0.340 e. The van der Waals surface area contributed by atoms with Crippen LogP contribution in [0.3, 0.4) is 0 Å². The van der Waals surface area contributed by atoms with Crippen LogP contribution in [0.2, 0.25) is 0 Å². The molecule has 1 atom stereocenters. The molecule has 0 spiro atoms. The van der Waals surface area contributed by atoms with Gasteiger partial charge >= 0.3 is 0 Å². The van der Waals surface area contributed by atoms with Crippen LogP contribution in [0.15, 0.2) is 70.9 Å². The van der Waals surface area contributed by atoms with Crippen molar-refractivity contribution in [3.05, 3.63) is 71.4 Å². The fourth-order valence-electron chi connectivity index (χ4n) is 3.82. The number of thioether (sulfide) groups is 1. The molecule has 0 saturated carbocycles. The Morgan fingerprint density at radius 2 is 1.83 bits per heavy atom. The van der Waals surface area contributed by atoms with Gasteiger partial charge in [0.15, 0.2) is 5.17 Å². The third-order valence-corrected chi connectivity index (χ3v) is 6.13. The van der Waals surface area contributed by atoms with E-state index < -0.39 is 0 Å². The van der Waals surface area contributed by atoms with Crippen LogP contribution in [0.1, 0.15) is 31.9 Å². The smallest absolute Gasteiger partial charge is 0.255 e. The number of carbonyl (C=O) groups is 2. The first kappa shape index (κ1) is 20.2. The van der Waals surface area contributed by atoms with Gasteiger partial charge in [-0.3, -0.25) is 9.59 Å². The summed E-state index contributed by atoms with van der Waals surface area (Å²) in [7, 11) is 0. The number of hydrogen-bond donors (Lipinski definition) is 2. The highest BCUT2D eigenvalue weighted by molar-refractivity contribution is 8.13. The van der Waals surface area contributed by atoms with E-state index in [0.717, 1.165) is 40.8 Å². The molecule has 7 heteroatoms. The molecule has 2 aliphatic rings. The Morgan fingerprint density at radius 3 is 2.60 bits per heavy atom. The predicted octanol–water partition coefficient (Wildman–Crippen LogP) is 4.41. The molecule has 6 nitrogen and oxygen atoms in total. The number of amidine groups is 1. The van der Waals surface area contributed by atoms with E-state index in [1.807, 2.05) is 61.5 Å². The Balaban J connectivity index is 1.75. The molecule has 2 N–H and O–H groups in total. The normalized spacial score (nSPS) is 18.4. The van der Waals surface area contributed by atoms with Gasteiger partial charge in [-0.25, -0.2) is 4.99 Å². The first-order valence-electron chi connectivity index (χ1n) is 9.96. The first-order valence-corrected chi connectivity index (χ1v) is 10.9. The van der Waals surface area contributed by atoms with Crippen LogP contribution in [0.25, 0.3) is 0 Å². The van der Waals surface area contributed by atoms with Gasteiger partial charge in [-0.05, 0) is 43.2 Å². The summed E-state index contributed by atoms with van der Waals surface area (Å²) in [4.78, 5) is 31.8. The van der Waals surface area contributed by atoms with Crippen molar-refractivity contribution < 1.29 is 9.59 Å². The van der Waals surface area contributed by atoms with Gasteiger partial charge in [0.1, 0.15) is 0 Å². The predicted molar refractivity (Wildman–Crippen MR) is 122 cm³/mol. The van der Waals surface area contributed by atoms with E-state index in [0.29, 0.717) is 11.3 Å². The second-order valence-electron chi connectivity index (χ2n) is 7.32. The average Bonchev–Trinajstić information content (AvgIpc) is 2.73. The Morgan fingerprint density at radius 1 is 1.07 bits per heavy atom. The van der Waals surface area contributed by atoms with Crippen LogP contribution < -0.4 is 10.6 Å². The van der Waals surface area contributed by atoms with Gasteiger partial charge in [0.05, 0.1) is 17.3 Å². The largest absolute Gasteiger partial charge is 0.340 e. The lowest BCUT2D eigenvalue weighted by Gasteiger charge is -2.41. The van der Waals surface area contributed by atoms with Gasteiger partial charge < -0.3 is 15.5 Å². The van der Waals surface area contributed by atoms with Gasteiger partial charge in [0.2, 0.25) is 5.91 Å². The summed E-state index contributed by atoms with van der Waals surface area (Å²) in [6.07, 6.45) is 1.03. The van der Waals surface area contributed by atoms with Crippen molar-refractivity contribution in [2.75, 3.05) is 22.9 Å². The highest BCUT2D eigenvalue weighted by Gasteiger charge is 2.37. The highest BCUT2D eigenvalue weighted by Crippen LogP contribution is 2.40. The minimum absolute atomic E-state index is 0.125. The van der Waals surface area contributed by atoms with Crippen molar-refractivity contribution >= 4 is 40.1 Å². The number of aliphatic imine (C=N–C) groups is 1. The maximum absolute atomic E-state index is 13.4. The molecular weight excluding hydrogens is 396 g/mol. The number of anilines is 2. The van der Waals surface area contributed by atoms with Gasteiger partial charge in [0.25, 0.3) is 5.91 Å². The zero-order valence-electron chi connectivity index (χ0n) is 17.0. The highest BCUT2D eigenvalue weighted by atomic mass is 32.2. The molecule has 0 aromatic heterocycles. The van der Waals surface area contributed by atoms with Crippen LogP contribution in [0.5, 0.6) is 0 Å². The number of benzene rings is 2. The fraction of sp³-hybridized carbons (Fsp3) is 0.261. The third-order valence-electron chi connectivity index (χ3n) is 5.06. The first-order chi connectivity index (χ1) is 14.5. The van der Waals surface area contributed by atoms with Crippen LogP contribution in [0, 0.1) is 0 Å². The van der Waals surface area contributed by atoms with Gasteiger partial charge in [-0.15, -0.1) is 0 Å². The molecule has 2 aromatic rings. The molecule has 2 amide bonds. The number of carbonyl (C=O) groups excluding carboxylic acids is 2. The Labute approximate surface area is 180 Å². The number of hydrogen-bond acceptors (Lipinski definition) is 5. The van der Waals surface area contributed by atoms with E-state index >= 15 is 0 Å². The summed E-state index contributed by atoms with van der Waals surface area (Å²) in [6.45, 7) is 4.21. The SMILES string of the molecule is CC(=O)Nc1cccc([C@@H]2C(C(=O)Nc3ccccc3)=C(C)N=C3SCCCN32)c1. The zero-order chi connectivity index (χ0) is 21.1. The molecule has 0 aliphatic carbocycles. The van der Waals surface area contributed by atoms with E-state index in [9.17, 15) is 9.59 Å². The summed E-state index contributed by atoms with van der Waals surface area (Å²) >= 11 is 1.72. The van der Waals surface area contributed by atoms with Crippen molar-refractivity contribution in [2.24, 2.45) is 4.99 Å². The number of amides is 2. The van der Waals surface area contributed by atoms with Crippen LogP contribution in [-0.4, -0.2) is 34.2 Å². The maximum atomic E-state index is 13.4. The van der Waals surface area contributed by atoms with Crippen molar-refractivity contribution in [3.63, 3.8) is 0 Å². The molecule has 4 rings (SSSR count). The second-order valence-corrected chi connectivity index (χ2v) is 8.38. The minimum atomic E-state index is -0.261. The molecule has 0 radical (unpaired) electrons. The summed E-state index contributed by atoms with van der Waals surface area (Å²) in [5.74, 6) is 0.736. The molecule has 2 aromatic carbocycles.